The Kier molecular flexibility index (Phi) is 5.14. The lowest BCUT2D eigenvalue weighted by atomic mass is 10.1. The van der Waals surface area contributed by atoms with Crippen LogP contribution >= 0.6 is 0 Å². The van der Waals surface area contributed by atoms with Crippen LogP contribution in [-0.2, 0) is 11.0 Å². The summed E-state index contributed by atoms with van der Waals surface area (Å²) < 4.78 is 37.0. The van der Waals surface area contributed by atoms with Gasteiger partial charge in [-0.2, -0.15) is 13.2 Å². The van der Waals surface area contributed by atoms with Gasteiger partial charge in [-0.1, -0.05) is 19.8 Å². The summed E-state index contributed by atoms with van der Waals surface area (Å²) in [5.41, 5.74) is -0.863. The zero-order valence-corrected chi connectivity index (χ0v) is 10.4. The fraction of sp³-hybridized carbons (Fsp3) is 0.500. The average molecular weight is 276 g/mol. The maximum atomic E-state index is 12.3. The van der Waals surface area contributed by atoms with E-state index in [0.717, 1.165) is 18.6 Å². The molecule has 1 atom stereocenters. The van der Waals surface area contributed by atoms with Gasteiger partial charge >= 0.3 is 12.1 Å². The quantitative estimate of drug-likeness (QED) is 0.837. The Morgan fingerprint density at radius 2 is 2.16 bits per heavy atom. The first-order valence-electron chi connectivity index (χ1n) is 5.87. The zero-order chi connectivity index (χ0) is 14.5. The van der Waals surface area contributed by atoms with Crippen molar-refractivity contribution >= 4 is 11.8 Å². The minimum atomic E-state index is -4.44. The molecule has 1 rings (SSSR count). The molecular weight excluding hydrogens is 261 g/mol. The Balaban J connectivity index is 2.72. The topological polar surface area (TPSA) is 62.2 Å². The third kappa shape index (κ3) is 4.76. The van der Waals surface area contributed by atoms with Gasteiger partial charge in [0.1, 0.15) is 11.9 Å². The monoisotopic (exact) mass is 276 g/mol. The van der Waals surface area contributed by atoms with Crippen molar-refractivity contribution in [1.82, 2.24) is 4.98 Å². The molecule has 0 bridgehead atoms. The molecule has 2 N–H and O–H groups in total. The van der Waals surface area contributed by atoms with Crippen molar-refractivity contribution in [2.24, 2.45) is 0 Å². The standard InChI is InChI=1S/C12H15F3N2O2/c1-2-3-4-9(11(18)19)17-10-6-5-8(7-16-10)12(13,14)15/h5-7,9H,2-4H2,1H3,(H,16,17)(H,18,19)/t9-/m0/s1. The molecule has 4 nitrogen and oxygen atoms in total. The molecule has 0 unspecified atom stereocenters. The fourth-order valence-electron chi connectivity index (χ4n) is 1.49. The van der Waals surface area contributed by atoms with Crippen molar-refractivity contribution in [2.45, 2.75) is 38.4 Å². The summed E-state index contributed by atoms with van der Waals surface area (Å²) in [6.45, 7) is 1.93. The number of carboxylic acids is 1. The van der Waals surface area contributed by atoms with E-state index in [1.54, 1.807) is 0 Å². The number of unbranched alkanes of at least 4 members (excludes halogenated alkanes) is 1. The van der Waals surface area contributed by atoms with Gasteiger partial charge in [-0.3, -0.25) is 0 Å². The van der Waals surface area contributed by atoms with Crippen LogP contribution in [0.15, 0.2) is 18.3 Å². The van der Waals surface area contributed by atoms with Gasteiger partial charge in [-0.15, -0.1) is 0 Å². The summed E-state index contributed by atoms with van der Waals surface area (Å²) in [6.07, 6.45) is -1.81. The number of hydrogen-bond acceptors (Lipinski definition) is 3. The smallest absolute Gasteiger partial charge is 0.417 e. The van der Waals surface area contributed by atoms with Crippen molar-refractivity contribution < 1.29 is 23.1 Å². The van der Waals surface area contributed by atoms with Crippen LogP contribution in [-0.4, -0.2) is 22.1 Å². The molecule has 106 valence electrons. The van der Waals surface area contributed by atoms with Crippen LogP contribution in [0.4, 0.5) is 19.0 Å². The number of pyridine rings is 1. The zero-order valence-electron chi connectivity index (χ0n) is 10.4. The minimum Gasteiger partial charge on any atom is -0.480 e. The second kappa shape index (κ2) is 6.40. The SMILES string of the molecule is CCCC[C@H](Nc1ccc(C(F)(F)F)cn1)C(=O)O. The molecule has 0 radical (unpaired) electrons. The number of nitrogens with zero attached hydrogens (tertiary/aromatic N) is 1. The van der Waals surface area contributed by atoms with Crippen LogP contribution in [0.1, 0.15) is 31.7 Å². The van der Waals surface area contributed by atoms with Gasteiger partial charge in [0, 0.05) is 6.20 Å². The first-order valence-corrected chi connectivity index (χ1v) is 5.87. The summed E-state index contributed by atoms with van der Waals surface area (Å²) in [5, 5.41) is 11.6. The highest BCUT2D eigenvalue weighted by Gasteiger charge is 2.30. The normalized spacial score (nSPS) is 13.1. The molecule has 0 saturated heterocycles. The van der Waals surface area contributed by atoms with Gasteiger partial charge in [0.25, 0.3) is 0 Å². The average Bonchev–Trinajstić information content (AvgIpc) is 2.33. The number of halogens is 3. The van der Waals surface area contributed by atoms with Crippen LogP contribution in [0.3, 0.4) is 0 Å². The van der Waals surface area contributed by atoms with Gasteiger partial charge in [-0.05, 0) is 18.6 Å². The number of hydrogen-bond donors (Lipinski definition) is 2. The largest absolute Gasteiger partial charge is 0.480 e. The highest BCUT2D eigenvalue weighted by atomic mass is 19.4. The number of carboxylic acid groups (broad SMARTS) is 1. The lowest BCUT2D eigenvalue weighted by molar-refractivity contribution is -0.139. The van der Waals surface area contributed by atoms with E-state index in [0.29, 0.717) is 19.0 Å². The molecule has 19 heavy (non-hydrogen) atoms. The van der Waals surface area contributed by atoms with Gasteiger partial charge in [-0.25, -0.2) is 9.78 Å². The Labute approximate surface area is 108 Å². The van der Waals surface area contributed by atoms with E-state index in [9.17, 15) is 18.0 Å². The highest BCUT2D eigenvalue weighted by molar-refractivity contribution is 5.76. The number of anilines is 1. The predicted molar refractivity (Wildman–Crippen MR) is 63.8 cm³/mol. The van der Waals surface area contributed by atoms with Crippen molar-refractivity contribution in [3.05, 3.63) is 23.9 Å². The molecule has 7 heteroatoms. The summed E-state index contributed by atoms with van der Waals surface area (Å²) in [7, 11) is 0. The number of alkyl halides is 3. The molecule has 1 aromatic rings. The predicted octanol–water partition coefficient (Wildman–Crippen LogP) is 3.16. The van der Waals surface area contributed by atoms with Gasteiger partial charge in [0.05, 0.1) is 5.56 Å². The van der Waals surface area contributed by atoms with Crippen LogP contribution in [0.2, 0.25) is 0 Å². The Morgan fingerprint density at radius 1 is 1.47 bits per heavy atom. The van der Waals surface area contributed by atoms with Crippen molar-refractivity contribution in [3.8, 4) is 0 Å². The van der Waals surface area contributed by atoms with E-state index in [-0.39, 0.29) is 5.82 Å². The Morgan fingerprint density at radius 3 is 2.58 bits per heavy atom. The van der Waals surface area contributed by atoms with Gasteiger partial charge < -0.3 is 10.4 Å². The lowest BCUT2D eigenvalue weighted by Gasteiger charge is -2.15. The second-order valence-corrected chi connectivity index (χ2v) is 4.11. The molecular formula is C12H15F3N2O2. The number of rotatable bonds is 6. The van der Waals surface area contributed by atoms with E-state index in [2.05, 4.69) is 10.3 Å². The molecule has 0 aliphatic carbocycles. The minimum absolute atomic E-state index is 0.122. The second-order valence-electron chi connectivity index (χ2n) is 4.11. The Hall–Kier alpha value is -1.79. The highest BCUT2D eigenvalue weighted by Crippen LogP contribution is 2.28. The van der Waals surface area contributed by atoms with Crippen molar-refractivity contribution in [2.75, 3.05) is 5.32 Å². The molecule has 1 heterocycles. The Bertz CT molecular complexity index is 418. The number of carbonyl (C=O) groups is 1. The molecule has 0 aliphatic heterocycles. The van der Waals surface area contributed by atoms with Crippen LogP contribution < -0.4 is 5.32 Å². The first kappa shape index (κ1) is 15.3. The van der Waals surface area contributed by atoms with E-state index in [1.165, 1.54) is 0 Å². The maximum absolute atomic E-state index is 12.3. The number of aliphatic carboxylic acids is 1. The van der Waals surface area contributed by atoms with Crippen LogP contribution in [0.5, 0.6) is 0 Å². The maximum Gasteiger partial charge on any atom is 0.417 e. The molecule has 0 spiro atoms. The van der Waals surface area contributed by atoms with Crippen LogP contribution in [0, 0.1) is 0 Å². The summed E-state index contributed by atoms with van der Waals surface area (Å²) in [4.78, 5) is 14.5. The first-order chi connectivity index (χ1) is 8.84. The number of nitrogens with one attached hydrogen (secondary N) is 1. The van der Waals surface area contributed by atoms with Gasteiger partial charge in [0.2, 0.25) is 0 Å². The fourth-order valence-corrected chi connectivity index (χ4v) is 1.49. The molecule has 0 fully saturated rings. The summed E-state index contributed by atoms with van der Waals surface area (Å²) in [6, 6.07) is 1.16. The molecule has 0 aliphatic rings. The van der Waals surface area contributed by atoms with E-state index in [1.807, 2.05) is 6.92 Å². The van der Waals surface area contributed by atoms with Gasteiger partial charge in [0.15, 0.2) is 0 Å². The van der Waals surface area contributed by atoms with Crippen LogP contribution in [0.25, 0.3) is 0 Å². The molecule has 1 aromatic heterocycles. The van der Waals surface area contributed by atoms with Crippen molar-refractivity contribution in [3.63, 3.8) is 0 Å². The summed E-state index contributed by atoms with van der Waals surface area (Å²) >= 11 is 0. The van der Waals surface area contributed by atoms with Crippen molar-refractivity contribution in [1.29, 1.82) is 0 Å². The van der Waals surface area contributed by atoms with E-state index in [4.69, 9.17) is 5.11 Å². The molecule has 0 saturated carbocycles. The number of aromatic nitrogens is 1. The molecule has 0 aromatic carbocycles. The van der Waals surface area contributed by atoms with E-state index < -0.39 is 23.8 Å². The molecule has 0 amide bonds. The summed E-state index contributed by atoms with van der Waals surface area (Å²) in [5.74, 6) is -0.924. The third-order valence-corrected chi connectivity index (χ3v) is 2.56. The third-order valence-electron chi connectivity index (χ3n) is 2.56. The lowest BCUT2D eigenvalue weighted by Crippen LogP contribution is -2.29. The van der Waals surface area contributed by atoms with E-state index >= 15 is 0 Å².